The van der Waals surface area contributed by atoms with Crippen LogP contribution in [0.5, 0.6) is 0 Å². The Morgan fingerprint density at radius 1 is 1.11 bits per heavy atom. The fourth-order valence-electron chi connectivity index (χ4n) is 3.79. The second-order valence-electron chi connectivity index (χ2n) is 6.94. The maximum Gasteiger partial charge on any atom is 0.00974 e. The van der Waals surface area contributed by atoms with Gasteiger partial charge in [-0.05, 0) is 37.6 Å². The number of nitrogens with one attached hydrogen (secondary N) is 1. The van der Waals surface area contributed by atoms with Gasteiger partial charge in [0.25, 0.3) is 0 Å². The van der Waals surface area contributed by atoms with Crippen molar-refractivity contribution >= 4 is 0 Å². The second kappa shape index (κ2) is 8.19. The summed E-state index contributed by atoms with van der Waals surface area (Å²) >= 11 is 0. The molecule has 0 aliphatic heterocycles. The van der Waals surface area contributed by atoms with Gasteiger partial charge in [0.05, 0.1) is 0 Å². The van der Waals surface area contributed by atoms with Gasteiger partial charge in [0.1, 0.15) is 0 Å². The topological polar surface area (TPSA) is 12.0 Å². The van der Waals surface area contributed by atoms with Gasteiger partial charge >= 0.3 is 0 Å². The number of rotatable bonds is 9. The highest BCUT2D eigenvalue weighted by Crippen LogP contribution is 2.45. The fourth-order valence-corrected chi connectivity index (χ4v) is 3.79. The molecular weight excluding hydrogens is 218 g/mol. The van der Waals surface area contributed by atoms with Gasteiger partial charge in [-0.1, -0.05) is 65.7 Å². The van der Waals surface area contributed by atoms with Gasteiger partial charge in [0, 0.05) is 6.04 Å². The summed E-state index contributed by atoms with van der Waals surface area (Å²) in [6, 6.07) is 0.758. The number of hydrogen-bond donors (Lipinski definition) is 1. The molecule has 0 aromatic carbocycles. The molecule has 1 nitrogen and oxygen atoms in total. The van der Waals surface area contributed by atoms with Crippen LogP contribution in [0.4, 0.5) is 0 Å². The van der Waals surface area contributed by atoms with Crippen LogP contribution in [0, 0.1) is 11.3 Å². The predicted molar refractivity (Wildman–Crippen MR) is 82.0 cm³/mol. The van der Waals surface area contributed by atoms with Gasteiger partial charge in [-0.25, -0.2) is 0 Å². The fraction of sp³-hybridized carbons (Fsp3) is 1.00. The number of hydrogen-bond acceptors (Lipinski definition) is 1. The Morgan fingerprint density at radius 2 is 1.78 bits per heavy atom. The van der Waals surface area contributed by atoms with Crippen LogP contribution in [0.1, 0.15) is 85.0 Å². The molecule has 1 saturated carbocycles. The molecule has 0 bridgehead atoms. The van der Waals surface area contributed by atoms with Crippen LogP contribution < -0.4 is 5.32 Å². The van der Waals surface area contributed by atoms with Crippen LogP contribution in [-0.2, 0) is 0 Å². The minimum absolute atomic E-state index is 0.565. The Balaban J connectivity index is 2.21. The van der Waals surface area contributed by atoms with Gasteiger partial charge in [0.2, 0.25) is 0 Å². The van der Waals surface area contributed by atoms with E-state index in [2.05, 4.69) is 33.1 Å². The molecule has 0 aromatic heterocycles. The largest absolute Gasteiger partial charge is 0.317 e. The minimum atomic E-state index is 0.565. The summed E-state index contributed by atoms with van der Waals surface area (Å²) in [4.78, 5) is 0. The molecule has 0 spiro atoms. The zero-order chi connectivity index (χ0) is 13.4. The molecule has 0 radical (unpaired) electrons. The third-order valence-corrected chi connectivity index (χ3v) is 5.07. The van der Waals surface area contributed by atoms with Crippen LogP contribution in [-0.4, -0.2) is 13.1 Å². The van der Waals surface area contributed by atoms with Crippen LogP contribution in [0.15, 0.2) is 0 Å². The van der Waals surface area contributed by atoms with E-state index in [1.165, 1.54) is 64.2 Å². The summed E-state index contributed by atoms with van der Waals surface area (Å²) in [6.45, 7) is 7.23. The van der Waals surface area contributed by atoms with Crippen LogP contribution >= 0.6 is 0 Å². The Hall–Kier alpha value is -0.0400. The molecule has 1 aliphatic rings. The van der Waals surface area contributed by atoms with Crippen molar-refractivity contribution in [3.8, 4) is 0 Å². The highest BCUT2D eigenvalue weighted by atomic mass is 14.9. The summed E-state index contributed by atoms with van der Waals surface area (Å²) < 4.78 is 0. The lowest BCUT2D eigenvalue weighted by Gasteiger charge is -2.34. The summed E-state index contributed by atoms with van der Waals surface area (Å²) in [5, 5.41) is 3.60. The minimum Gasteiger partial charge on any atom is -0.317 e. The van der Waals surface area contributed by atoms with Crippen LogP contribution in [0.25, 0.3) is 0 Å². The van der Waals surface area contributed by atoms with E-state index in [1.54, 1.807) is 0 Å². The van der Waals surface area contributed by atoms with E-state index in [9.17, 15) is 0 Å². The smallest absolute Gasteiger partial charge is 0.00974 e. The number of unbranched alkanes of at least 4 members (excludes halogenated alkanes) is 5. The molecule has 0 heterocycles. The maximum atomic E-state index is 3.60. The summed E-state index contributed by atoms with van der Waals surface area (Å²) in [6.07, 6.45) is 14.2. The Kier molecular flexibility index (Phi) is 7.29. The van der Waals surface area contributed by atoms with Gasteiger partial charge < -0.3 is 5.32 Å². The van der Waals surface area contributed by atoms with E-state index >= 15 is 0 Å². The van der Waals surface area contributed by atoms with Gasteiger partial charge in [0.15, 0.2) is 0 Å². The van der Waals surface area contributed by atoms with Gasteiger partial charge in [-0.15, -0.1) is 0 Å². The quantitative estimate of drug-likeness (QED) is 0.560. The zero-order valence-corrected chi connectivity index (χ0v) is 13.2. The van der Waals surface area contributed by atoms with E-state index in [0.717, 1.165) is 12.0 Å². The predicted octanol–water partition coefficient (Wildman–Crippen LogP) is 5.15. The lowest BCUT2D eigenvalue weighted by atomic mass is 9.76. The first-order chi connectivity index (χ1) is 8.61. The monoisotopic (exact) mass is 253 g/mol. The summed E-state index contributed by atoms with van der Waals surface area (Å²) in [5.41, 5.74) is 0.565. The van der Waals surface area contributed by atoms with Crippen LogP contribution in [0.3, 0.4) is 0 Å². The van der Waals surface area contributed by atoms with Crippen molar-refractivity contribution in [3.05, 3.63) is 0 Å². The molecule has 1 aliphatic carbocycles. The Labute approximate surface area is 115 Å². The van der Waals surface area contributed by atoms with Crippen molar-refractivity contribution in [3.63, 3.8) is 0 Å². The van der Waals surface area contributed by atoms with Crippen molar-refractivity contribution in [2.75, 3.05) is 7.05 Å². The van der Waals surface area contributed by atoms with Crippen molar-refractivity contribution in [2.45, 2.75) is 91.0 Å². The molecule has 1 heteroatoms. The van der Waals surface area contributed by atoms with E-state index < -0.39 is 0 Å². The SMILES string of the molecule is CCCCCCCCC(NC)C1CCCC1(C)C. The molecule has 108 valence electrons. The van der Waals surface area contributed by atoms with E-state index in [1.807, 2.05) is 0 Å². The molecule has 2 atom stereocenters. The van der Waals surface area contributed by atoms with Crippen molar-refractivity contribution in [1.82, 2.24) is 5.32 Å². The molecular formula is C17H35N. The highest BCUT2D eigenvalue weighted by molar-refractivity contribution is 4.91. The third kappa shape index (κ3) is 4.91. The molecule has 1 fully saturated rings. The highest BCUT2D eigenvalue weighted by Gasteiger charge is 2.38. The Morgan fingerprint density at radius 3 is 2.33 bits per heavy atom. The van der Waals surface area contributed by atoms with Crippen LogP contribution in [0.2, 0.25) is 0 Å². The average molecular weight is 253 g/mol. The average Bonchev–Trinajstić information content (AvgIpc) is 2.68. The first-order valence-corrected chi connectivity index (χ1v) is 8.29. The van der Waals surface area contributed by atoms with Crippen molar-refractivity contribution in [1.29, 1.82) is 0 Å². The van der Waals surface area contributed by atoms with Gasteiger partial charge in [-0.3, -0.25) is 0 Å². The lowest BCUT2D eigenvalue weighted by Crippen LogP contribution is -2.38. The van der Waals surface area contributed by atoms with Crippen molar-refractivity contribution in [2.24, 2.45) is 11.3 Å². The summed E-state index contributed by atoms with van der Waals surface area (Å²) in [7, 11) is 2.16. The van der Waals surface area contributed by atoms with E-state index in [4.69, 9.17) is 0 Å². The summed E-state index contributed by atoms with van der Waals surface area (Å²) in [5.74, 6) is 0.901. The molecule has 18 heavy (non-hydrogen) atoms. The molecule has 0 saturated heterocycles. The molecule has 2 unspecified atom stereocenters. The second-order valence-corrected chi connectivity index (χ2v) is 6.94. The third-order valence-electron chi connectivity index (χ3n) is 5.07. The molecule has 1 rings (SSSR count). The Bertz CT molecular complexity index is 210. The first kappa shape index (κ1) is 16.0. The van der Waals surface area contributed by atoms with E-state index in [0.29, 0.717) is 5.41 Å². The lowest BCUT2D eigenvalue weighted by molar-refractivity contribution is 0.193. The van der Waals surface area contributed by atoms with Gasteiger partial charge in [-0.2, -0.15) is 0 Å². The normalized spacial score (nSPS) is 24.3. The molecule has 1 N–H and O–H groups in total. The van der Waals surface area contributed by atoms with Crippen molar-refractivity contribution < 1.29 is 0 Å². The first-order valence-electron chi connectivity index (χ1n) is 8.29. The standard InChI is InChI=1S/C17H35N/c1-5-6-7-8-9-10-13-16(18-4)15-12-11-14-17(15,2)3/h15-16,18H,5-14H2,1-4H3. The van der Waals surface area contributed by atoms with E-state index in [-0.39, 0.29) is 0 Å². The zero-order valence-electron chi connectivity index (χ0n) is 13.2. The molecule has 0 amide bonds. The molecule has 0 aromatic rings. The maximum absolute atomic E-state index is 3.60.